The maximum Gasteiger partial charge on any atom is 0.190 e. The molecule has 2 aliphatic rings. The van der Waals surface area contributed by atoms with E-state index in [2.05, 4.69) is 45.0 Å². The molecule has 3 heteroatoms. The molecule has 0 radical (unpaired) electrons. The van der Waals surface area contributed by atoms with Crippen molar-refractivity contribution in [3.05, 3.63) is 69.0 Å². The molecular formula is C22H22OS2. The highest BCUT2D eigenvalue weighted by Crippen LogP contribution is 2.54. The maximum absolute atomic E-state index is 13.1. The van der Waals surface area contributed by atoms with Crippen molar-refractivity contribution in [1.29, 1.82) is 0 Å². The van der Waals surface area contributed by atoms with E-state index < -0.39 is 0 Å². The Hall–Kier alpha value is -1.45. The molecule has 0 saturated heterocycles. The Morgan fingerprint density at radius 3 is 2.48 bits per heavy atom. The minimum atomic E-state index is 0.146. The number of hydrogen-bond acceptors (Lipinski definition) is 3. The van der Waals surface area contributed by atoms with Gasteiger partial charge in [-0.1, -0.05) is 74.6 Å². The largest absolute Gasteiger partial charge is 0.289 e. The number of thioether (sulfide) groups is 2. The van der Waals surface area contributed by atoms with E-state index in [9.17, 15) is 4.79 Å². The molecule has 0 atom stereocenters. The van der Waals surface area contributed by atoms with Crippen LogP contribution in [0.3, 0.4) is 0 Å². The lowest BCUT2D eigenvalue weighted by atomic mass is 9.87. The first kappa shape index (κ1) is 17.0. The second-order valence-corrected chi connectivity index (χ2v) is 10.1. The van der Waals surface area contributed by atoms with E-state index in [1.807, 2.05) is 18.2 Å². The van der Waals surface area contributed by atoms with Crippen LogP contribution in [0, 0.1) is 0 Å². The minimum Gasteiger partial charge on any atom is -0.289 e. The summed E-state index contributed by atoms with van der Waals surface area (Å²) in [4.78, 5) is 15.7. The van der Waals surface area contributed by atoms with Crippen molar-refractivity contribution < 1.29 is 4.79 Å². The monoisotopic (exact) mass is 366 g/mol. The van der Waals surface area contributed by atoms with Crippen molar-refractivity contribution in [2.75, 3.05) is 0 Å². The van der Waals surface area contributed by atoms with Gasteiger partial charge in [-0.2, -0.15) is 0 Å². The first-order valence-corrected chi connectivity index (χ1v) is 10.4. The summed E-state index contributed by atoms with van der Waals surface area (Å²) in [5.41, 5.74) is 4.60. The number of fused-ring (bicyclic) bond motifs is 2. The van der Waals surface area contributed by atoms with Gasteiger partial charge in [-0.25, -0.2) is 0 Å². The average molecular weight is 367 g/mol. The van der Waals surface area contributed by atoms with Gasteiger partial charge in [0.2, 0.25) is 0 Å². The molecule has 0 N–H and O–H groups in total. The van der Waals surface area contributed by atoms with E-state index in [1.165, 1.54) is 25.2 Å². The molecule has 2 aromatic rings. The third-order valence-corrected chi connectivity index (χ3v) is 7.50. The van der Waals surface area contributed by atoms with Gasteiger partial charge < -0.3 is 0 Å². The quantitative estimate of drug-likeness (QED) is 0.385. The van der Waals surface area contributed by atoms with E-state index in [-0.39, 0.29) is 11.2 Å². The van der Waals surface area contributed by atoms with Crippen LogP contribution >= 0.6 is 23.5 Å². The molecular weight excluding hydrogens is 344 g/mol. The van der Waals surface area contributed by atoms with Gasteiger partial charge in [0.25, 0.3) is 0 Å². The summed E-state index contributed by atoms with van der Waals surface area (Å²) in [5, 5.41) is 0. The van der Waals surface area contributed by atoms with Gasteiger partial charge >= 0.3 is 0 Å². The summed E-state index contributed by atoms with van der Waals surface area (Å²) >= 11 is 3.55. The van der Waals surface area contributed by atoms with Crippen LogP contribution < -0.4 is 0 Å². The Morgan fingerprint density at radius 1 is 0.920 bits per heavy atom. The van der Waals surface area contributed by atoms with Crippen LogP contribution in [-0.2, 0) is 11.8 Å². The molecule has 0 bridgehead atoms. The molecule has 1 aliphatic carbocycles. The van der Waals surface area contributed by atoms with Crippen LogP contribution in [0.4, 0.5) is 0 Å². The summed E-state index contributed by atoms with van der Waals surface area (Å²) < 4.78 is 1.18. The highest BCUT2D eigenvalue weighted by molar-refractivity contribution is 8.24. The fraction of sp³-hybridized carbons (Fsp3) is 0.318. The number of hydrogen-bond donors (Lipinski definition) is 0. The molecule has 0 fully saturated rings. The minimum absolute atomic E-state index is 0.146. The summed E-state index contributed by atoms with van der Waals surface area (Å²) in [6, 6.07) is 14.8. The Bertz CT molecular complexity index is 887. The van der Waals surface area contributed by atoms with Gasteiger partial charge in [-0.3, -0.25) is 4.79 Å². The SMILES string of the molecule is CC(C)(C)c1ccc2c(c1)SC(=C1CCCc3ccccc3C1=O)S2. The van der Waals surface area contributed by atoms with E-state index in [0.717, 1.165) is 30.4 Å². The summed E-state index contributed by atoms with van der Waals surface area (Å²) in [5.74, 6) is 0.229. The van der Waals surface area contributed by atoms with Crippen LogP contribution in [0.2, 0.25) is 0 Å². The zero-order valence-electron chi connectivity index (χ0n) is 14.9. The number of carbonyl (C=O) groups excluding carboxylic acids is 1. The average Bonchev–Trinajstić information content (AvgIpc) is 2.93. The molecule has 4 rings (SSSR count). The Morgan fingerprint density at radius 2 is 1.68 bits per heavy atom. The van der Waals surface area contributed by atoms with Gasteiger partial charge in [0.05, 0.1) is 4.24 Å². The lowest BCUT2D eigenvalue weighted by Crippen LogP contribution is -2.10. The van der Waals surface area contributed by atoms with Crippen molar-refractivity contribution in [2.24, 2.45) is 0 Å². The maximum atomic E-state index is 13.1. The highest BCUT2D eigenvalue weighted by Gasteiger charge is 2.28. The normalized spacial score (nSPS) is 20.2. The number of benzene rings is 2. The zero-order valence-corrected chi connectivity index (χ0v) is 16.5. The summed E-state index contributed by atoms with van der Waals surface area (Å²) in [6.45, 7) is 6.73. The van der Waals surface area contributed by atoms with E-state index in [4.69, 9.17) is 0 Å². The third kappa shape index (κ3) is 3.20. The molecule has 128 valence electrons. The number of carbonyl (C=O) groups is 1. The third-order valence-electron chi connectivity index (χ3n) is 4.87. The van der Waals surface area contributed by atoms with Gasteiger partial charge in [0, 0.05) is 20.9 Å². The first-order valence-electron chi connectivity index (χ1n) is 8.79. The number of ketones is 1. The fourth-order valence-corrected chi connectivity index (χ4v) is 6.01. The Kier molecular flexibility index (Phi) is 4.33. The molecule has 0 unspecified atom stereocenters. The second kappa shape index (κ2) is 6.37. The van der Waals surface area contributed by atoms with Crippen LogP contribution in [0.25, 0.3) is 0 Å². The molecule has 0 spiro atoms. The summed E-state index contributed by atoms with van der Waals surface area (Å²) in [6.07, 6.45) is 2.92. The van der Waals surface area contributed by atoms with Gasteiger partial charge in [-0.15, -0.1) is 0 Å². The predicted octanol–water partition coefficient (Wildman–Crippen LogP) is 6.61. The van der Waals surface area contributed by atoms with Crippen LogP contribution in [0.5, 0.6) is 0 Å². The van der Waals surface area contributed by atoms with Gasteiger partial charge in [0.15, 0.2) is 5.78 Å². The highest BCUT2D eigenvalue weighted by atomic mass is 32.2. The van der Waals surface area contributed by atoms with E-state index in [1.54, 1.807) is 23.5 Å². The lowest BCUT2D eigenvalue weighted by molar-refractivity contribution is 0.103. The standard InChI is InChI=1S/C22H22OS2/c1-22(2,3)15-11-12-18-19(13-15)25-21(24-18)17-10-6-8-14-7-4-5-9-16(14)20(17)23/h4-5,7,9,11-13H,6,8,10H2,1-3H3. The van der Waals surface area contributed by atoms with Crippen LogP contribution in [-0.4, -0.2) is 5.78 Å². The topological polar surface area (TPSA) is 17.1 Å². The predicted molar refractivity (Wildman–Crippen MR) is 108 cm³/mol. The summed E-state index contributed by atoms with van der Waals surface area (Å²) in [7, 11) is 0. The number of aryl methyl sites for hydroxylation is 1. The number of allylic oxidation sites excluding steroid dienone is 1. The number of rotatable bonds is 0. The molecule has 1 aliphatic heterocycles. The zero-order chi connectivity index (χ0) is 17.6. The molecule has 1 heterocycles. The van der Waals surface area contributed by atoms with Crippen molar-refractivity contribution in [1.82, 2.24) is 0 Å². The van der Waals surface area contributed by atoms with E-state index >= 15 is 0 Å². The fourth-order valence-electron chi connectivity index (χ4n) is 3.37. The second-order valence-electron chi connectivity index (χ2n) is 7.72. The molecule has 0 aromatic heterocycles. The number of Topliss-reactive ketones (excluding diaryl/α,β-unsaturated/α-hetero) is 1. The Labute approximate surface area is 158 Å². The molecule has 0 amide bonds. The Balaban J connectivity index is 1.71. The van der Waals surface area contributed by atoms with Crippen molar-refractivity contribution in [3.8, 4) is 0 Å². The van der Waals surface area contributed by atoms with E-state index in [0.29, 0.717) is 0 Å². The van der Waals surface area contributed by atoms with Gasteiger partial charge in [0.1, 0.15) is 0 Å². The molecule has 1 nitrogen and oxygen atoms in total. The molecule has 0 saturated carbocycles. The van der Waals surface area contributed by atoms with Crippen molar-refractivity contribution >= 4 is 29.3 Å². The van der Waals surface area contributed by atoms with Crippen molar-refractivity contribution in [2.45, 2.75) is 55.2 Å². The van der Waals surface area contributed by atoms with Crippen molar-refractivity contribution in [3.63, 3.8) is 0 Å². The lowest BCUT2D eigenvalue weighted by Gasteiger charge is -2.19. The molecule has 2 aromatic carbocycles. The smallest absolute Gasteiger partial charge is 0.190 e. The first-order chi connectivity index (χ1) is 11.9. The molecule has 25 heavy (non-hydrogen) atoms. The van der Waals surface area contributed by atoms with Crippen LogP contribution in [0.15, 0.2) is 62.1 Å². The van der Waals surface area contributed by atoms with Crippen LogP contribution in [0.1, 0.15) is 55.1 Å². The van der Waals surface area contributed by atoms with Gasteiger partial charge in [-0.05, 0) is 47.9 Å².